The number of aromatic nitrogens is 2. The van der Waals surface area contributed by atoms with E-state index in [0.717, 1.165) is 39.3 Å². The fourth-order valence-corrected chi connectivity index (χ4v) is 4.80. The van der Waals surface area contributed by atoms with E-state index < -0.39 is 0 Å². The van der Waals surface area contributed by atoms with Gasteiger partial charge in [-0.15, -0.1) is 0 Å². The molecule has 0 saturated carbocycles. The van der Waals surface area contributed by atoms with E-state index in [-0.39, 0.29) is 6.04 Å². The van der Waals surface area contributed by atoms with Crippen molar-refractivity contribution in [3.8, 4) is 0 Å². The molecule has 0 radical (unpaired) electrons. The van der Waals surface area contributed by atoms with Crippen molar-refractivity contribution in [2.24, 2.45) is 0 Å². The summed E-state index contributed by atoms with van der Waals surface area (Å²) < 4.78 is 2.26. The van der Waals surface area contributed by atoms with Crippen molar-refractivity contribution < 1.29 is 4.79 Å². The Kier molecular flexibility index (Phi) is 5.72. The van der Waals surface area contributed by atoms with Crippen LogP contribution in [0.4, 0.5) is 0 Å². The number of nitrogens with zero attached hydrogens (tertiary/aromatic N) is 2. The third kappa shape index (κ3) is 4.23. The number of carbonyl (C=O) groups excluding carboxylic acids is 1. The van der Waals surface area contributed by atoms with Crippen molar-refractivity contribution in [3.63, 3.8) is 0 Å². The van der Waals surface area contributed by atoms with Crippen LogP contribution in [0, 0.1) is 0 Å². The molecule has 6 rings (SSSR count). The molecular formula is C33H24N2O. The van der Waals surface area contributed by atoms with Crippen LogP contribution in [0.15, 0.2) is 121 Å². The highest BCUT2D eigenvalue weighted by molar-refractivity contribution is 5.88. The Morgan fingerprint density at radius 3 is 2.33 bits per heavy atom. The summed E-state index contributed by atoms with van der Waals surface area (Å²) in [6.45, 7) is 0. The summed E-state index contributed by atoms with van der Waals surface area (Å²) in [5.74, 6) is 0. The first-order chi connectivity index (χ1) is 17.8. The van der Waals surface area contributed by atoms with Gasteiger partial charge >= 0.3 is 0 Å². The van der Waals surface area contributed by atoms with E-state index in [1.807, 2.05) is 48.5 Å². The zero-order chi connectivity index (χ0) is 24.3. The largest absolute Gasteiger partial charge is 0.336 e. The Labute approximate surface area is 210 Å². The fourth-order valence-electron chi connectivity index (χ4n) is 4.80. The van der Waals surface area contributed by atoms with E-state index in [1.165, 1.54) is 11.1 Å². The molecule has 0 N–H and O–H groups in total. The third-order valence-corrected chi connectivity index (χ3v) is 6.57. The summed E-state index contributed by atoms with van der Waals surface area (Å²) in [6.07, 6.45) is 7.18. The summed E-state index contributed by atoms with van der Waals surface area (Å²) in [5, 5.41) is 2.25. The Morgan fingerprint density at radius 1 is 0.639 bits per heavy atom. The van der Waals surface area contributed by atoms with Gasteiger partial charge in [0.1, 0.15) is 6.29 Å². The van der Waals surface area contributed by atoms with Crippen molar-refractivity contribution in [1.82, 2.24) is 9.55 Å². The Hall–Kier alpha value is -4.76. The van der Waals surface area contributed by atoms with Crippen molar-refractivity contribution in [3.05, 3.63) is 149 Å². The highest BCUT2D eigenvalue weighted by Crippen LogP contribution is 2.32. The molecule has 3 heteroatoms. The molecule has 4 aromatic carbocycles. The van der Waals surface area contributed by atoms with E-state index >= 15 is 0 Å². The maximum atomic E-state index is 11.5. The summed E-state index contributed by atoms with van der Waals surface area (Å²) in [5.41, 5.74) is 7.09. The van der Waals surface area contributed by atoms with Gasteiger partial charge in [0.05, 0.1) is 17.3 Å². The van der Waals surface area contributed by atoms with E-state index in [4.69, 9.17) is 4.98 Å². The lowest BCUT2D eigenvalue weighted by molar-refractivity contribution is 0.112. The number of fused-ring (bicyclic) bond motifs is 2. The van der Waals surface area contributed by atoms with E-state index in [0.29, 0.717) is 5.56 Å². The quantitative estimate of drug-likeness (QED) is 0.236. The van der Waals surface area contributed by atoms with Crippen LogP contribution in [0.1, 0.15) is 38.8 Å². The normalized spacial score (nSPS) is 12.3. The van der Waals surface area contributed by atoms with Gasteiger partial charge in [0, 0.05) is 22.7 Å². The highest BCUT2D eigenvalue weighted by Gasteiger charge is 2.18. The van der Waals surface area contributed by atoms with E-state index in [2.05, 4.69) is 89.6 Å². The predicted octanol–water partition coefficient (Wildman–Crippen LogP) is 7.81. The molecule has 6 aromatic rings. The number of benzene rings is 4. The minimum atomic E-state index is -0.0299. The first kappa shape index (κ1) is 21.8. The van der Waals surface area contributed by atoms with Gasteiger partial charge in [-0.25, -0.2) is 4.98 Å². The maximum Gasteiger partial charge on any atom is 0.150 e. The van der Waals surface area contributed by atoms with Crippen LogP contribution in [-0.4, -0.2) is 15.8 Å². The van der Waals surface area contributed by atoms with Gasteiger partial charge in [0.25, 0.3) is 0 Å². The molecule has 0 aliphatic heterocycles. The van der Waals surface area contributed by atoms with E-state index in [9.17, 15) is 4.79 Å². The average molecular weight is 465 g/mol. The minimum Gasteiger partial charge on any atom is -0.336 e. The van der Waals surface area contributed by atoms with Gasteiger partial charge in [-0.3, -0.25) is 4.79 Å². The minimum absolute atomic E-state index is 0.0299. The molecule has 0 saturated heterocycles. The SMILES string of the molecule is O=Cc1ccc2ccn(C(c3ccccc3)c3cccc(C=Cc4ccc5ccccc5n4)c3)c2c1. The number of rotatable bonds is 6. The number of hydrogen-bond donors (Lipinski definition) is 0. The van der Waals surface area contributed by atoms with Crippen LogP contribution in [-0.2, 0) is 0 Å². The lowest BCUT2D eigenvalue weighted by Crippen LogP contribution is -2.11. The maximum absolute atomic E-state index is 11.5. The highest BCUT2D eigenvalue weighted by atomic mass is 16.1. The van der Waals surface area contributed by atoms with Crippen molar-refractivity contribution in [2.45, 2.75) is 6.04 Å². The second-order valence-corrected chi connectivity index (χ2v) is 8.90. The second-order valence-electron chi connectivity index (χ2n) is 8.90. The smallest absolute Gasteiger partial charge is 0.150 e. The van der Waals surface area contributed by atoms with Gasteiger partial charge in [-0.1, -0.05) is 91.0 Å². The molecule has 0 aliphatic carbocycles. The van der Waals surface area contributed by atoms with Crippen LogP contribution in [0.3, 0.4) is 0 Å². The number of pyridine rings is 1. The summed E-state index contributed by atoms with van der Waals surface area (Å²) in [7, 11) is 0. The molecule has 172 valence electrons. The number of carbonyl (C=O) groups is 1. The average Bonchev–Trinajstić information content (AvgIpc) is 3.35. The molecule has 1 unspecified atom stereocenters. The fraction of sp³-hybridized carbons (Fsp3) is 0.0303. The first-order valence-corrected chi connectivity index (χ1v) is 12.0. The zero-order valence-electron chi connectivity index (χ0n) is 19.7. The molecule has 0 fully saturated rings. The molecular weight excluding hydrogens is 440 g/mol. The standard InChI is InChI=1S/C33H24N2O/c36-23-25-13-15-27-19-20-35(32(27)22-25)33(28-9-2-1-3-10-28)29-11-6-7-24(21-29)14-17-30-18-16-26-8-4-5-12-31(26)34-30/h1-23,33H. The summed E-state index contributed by atoms with van der Waals surface area (Å²) >= 11 is 0. The molecule has 2 heterocycles. The lowest BCUT2D eigenvalue weighted by atomic mass is 9.96. The molecule has 0 amide bonds. The Bertz CT molecular complexity index is 1710. The van der Waals surface area contributed by atoms with Gasteiger partial charge in [0.15, 0.2) is 0 Å². The van der Waals surface area contributed by atoms with Crippen LogP contribution in [0.2, 0.25) is 0 Å². The van der Waals surface area contributed by atoms with Gasteiger partial charge in [-0.05, 0) is 58.5 Å². The van der Waals surface area contributed by atoms with Gasteiger partial charge < -0.3 is 4.57 Å². The Morgan fingerprint density at radius 2 is 1.44 bits per heavy atom. The van der Waals surface area contributed by atoms with Crippen LogP contribution in [0.5, 0.6) is 0 Å². The van der Waals surface area contributed by atoms with Crippen molar-refractivity contribution in [1.29, 1.82) is 0 Å². The molecule has 2 aromatic heterocycles. The number of aldehydes is 1. The van der Waals surface area contributed by atoms with Gasteiger partial charge in [-0.2, -0.15) is 0 Å². The monoisotopic (exact) mass is 464 g/mol. The van der Waals surface area contributed by atoms with Crippen LogP contribution in [0.25, 0.3) is 34.0 Å². The topological polar surface area (TPSA) is 34.9 Å². The van der Waals surface area contributed by atoms with E-state index in [1.54, 1.807) is 0 Å². The van der Waals surface area contributed by atoms with Gasteiger partial charge in [0.2, 0.25) is 0 Å². The number of para-hydroxylation sites is 1. The third-order valence-electron chi connectivity index (χ3n) is 6.57. The molecule has 0 spiro atoms. The Balaban J connectivity index is 1.41. The van der Waals surface area contributed by atoms with Crippen LogP contribution < -0.4 is 0 Å². The predicted molar refractivity (Wildman–Crippen MR) is 148 cm³/mol. The lowest BCUT2D eigenvalue weighted by Gasteiger charge is -2.22. The second kappa shape index (κ2) is 9.47. The molecule has 1 atom stereocenters. The molecule has 36 heavy (non-hydrogen) atoms. The first-order valence-electron chi connectivity index (χ1n) is 12.0. The number of hydrogen-bond acceptors (Lipinski definition) is 2. The molecule has 3 nitrogen and oxygen atoms in total. The molecule has 0 aliphatic rings. The molecule has 0 bridgehead atoms. The zero-order valence-corrected chi connectivity index (χ0v) is 19.7. The van der Waals surface area contributed by atoms with Crippen molar-refractivity contribution in [2.75, 3.05) is 0 Å². The summed E-state index contributed by atoms with van der Waals surface area (Å²) in [6, 6.07) is 39.3. The van der Waals surface area contributed by atoms with Crippen molar-refractivity contribution >= 4 is 40.2 Å². The van der Waals surface area contributed by atoms with Crippen LogP contribution >= 0.6 is 0 Å². The summed E-state index contributed by atoms with van der Waals surface area (Å²) in [4.78, 5) is 16.2.